The van der Waals surface area contributed by atoms with Gasteiger partial charge in [0.25, 0.3) is 0 Å². The Morgan fingerprint density at radius 1 is 1.07 bits per heavy atom. The first-order valence-corrected chi connectivity index (χ1v) is 4.86. The Morgan fingerprint density at radius 3 is 1.73 bits per heavy atom. The van der Waals surface area contributed by atoms with E-state index in [1.54, 1.807) is 0 Å². The van der Waals surface area contributed by atoms with Gasteiger partial charge in [0.2, 0.25) is 0 Å². The molecule has 0 aliphatic rings. The average molecular weight is 263 g/mol. The molecule has 0 amide bonds. The minimum absolute atomic E-state index is 0. The first-order valence-electron chi connectivity index (χ1n) is 3.38. The second kappa shape index (κ2) is 5.26. The van der Waals surface area contributed by atoms with Gasteiger partial charge in [-0.3, -0.25) is 0 Å². The van der Waals surface area contributed by atoms with Gasteiger partial charge in [-0.1, -0.05) is 0 Å². The van der Waals surface area contributed by atoms with E-state index in [9.17, 15) is 21.6 Å². The first kappa shape index (κ1) is 15.6. The van der Waals surface area contributed by atoms with Gasteiger partial charge < -0.3 is 5.14 Å². The molecule has 8 heteroatoms. The molecule has 1 rings (SSSR count). The van der Waals surface area contributed by atoms with Crippen molar-refractivity contribution >= 4 is 10.0 Å². The molecular weight excluding hydrogens is 258 g/mol. The predicted molar refractivity (Wildman–Crippen MR) is 43.0 cm³/mol. The Labute approximate surface area is 127 Å². The van der Waals surface area contributed by atoms with Gasteiger partial charge in [0.05, 0.1) is 15.6 Å². The minimum Gasteiger partial charge on any atom is -0.560 e. The Kier molecular flexibility index (Phi) is 5.45. The summed E-state index contributed by atoms with van der Waals surface area (Å²) in [5.74, 6) is 0. The van der Waals surface area contributed by atoms with Crippen molar-refractivity contribution in [3.63, 3.8) is 0 Å². The molecule has 1 N–H and O–H groups in total. The normalized spacial score (nSPS) is 12.0. The maximum Gasteiger partial charge on any atom is 1.00 e. The molecule has 0 saturated heterocycles. The van der Waals surface area contributed by atoms with E-state index in [4.69, 9.17) is 5.14 Å². The van der Waals surface area contributed by atoms with Crippen LogP contribution in [0.4, 0.5) is 13.2 Å². The summed E-state index contributed by atoms with van der Waals surface area (Å²) < 4.78 is 57.2. The van der Waals surface area contributed by atoms with E-state index in [0.29, 0.717) is 12.1 Å². The van der Waals surface area contributed by atoms with Crippen molar-refractivity contribution in [2.24, 2.45) is 0 Å². The fourth-order valence-electron chi connectivity index (χ4n) is 0.823. The SMILES string of the molecule is [K+].[NH-]S(=O)(=O)c1ccc(C(F)(F)F)cc1. The standard InChI is InChI=1S/C7H5F3NO2S.K/c8-7(9,10)5-1-3-6(4-2-5)14(11,12)13;/h1-4H,(H-,11,12,13);/q-1;+1. The van der Waals surface area contributed by atoms with Crippen molar-refractivity contribution in [1.29, 1.82) is 0 Å². The quantitative estimate of drug-likeness (QED) is 0.638. The van der Waals surface area contributed by atoms with E-state index in [-0.39, 0.29) is 51.4 Å². The zero-order valence-corrected chi connectivity index (χ0v) is 11.6. The van der Waals surface area contributed by atoms with Crippen LogP contribution in [0, 0.1) is 0 Å². The Hall–Kier alpha value is 0.556. The topological polar surface area (TPSA) is 57.9 Å². The number of rotatable bonds is 1. The second-order valence-corrected chi connectivity index (χ2v) is 4.00. The van der Waals surface area contributed by atoms with Crippen molar-refractivity contribution in [3.8, 4) is 0 Å². The molecule has 0 radical (unpaired) electrons. The number of nitrogens with one attached hydrogen (secondary N) is 1. The molecule has 15 heavy (non-hydrogen) atoms. The maximum atomic E-state index is 12.0. The van der Waals surface area contributed by atoms with Crippen LogP contribution in [0.1, 0.15) is 5.56 Å². The summed E-state index contributed by atoms with van der Waals surface area (Å²) in [5.41, 5.74) is -0.940. The van der Waals surface area contributed by atoms with Crippen LogP contribution in [0.3, 0.4) is 0 Å². The van der Waals surface area contributed by atoms with E-state index in [1.165, 1.54) is 0 Å². The van der Waals surface area contributed by atoms with E-state index in [1.807, 2.05) is 0 Å². The third-order valence-corrected chi connectivity index (χ3v) is 2.38. The van der Waals surface area contributed by atoms with Crippen LogP contribution in [0.15, 0.2) is 29.2 Å². The molecule has 0 unspecified atom stereocenters. The van der Waals surface area contributed by atoms with Gasteiger partial charge in [-0.25, -0.2) is 8.42 Å². The third kappa shape index (κ3) is 4.51. The summed E-state index contributed by atoms with van der Waals surface area (Å²) in [6.07, 6.45) is -4.50. The van der Waals surface area contributed by atoms with Crippen LogP contribution in [-0.2, 0) is 16.2 Å². The maximum absolute atomic E-state index is 12.0. The van der Waals surface area contributed by atoms with Crippen molar-refractivity contribution in [2.75, 3.05) is 0 Å². The van der Waals surface area contributed by atoms with Crippen molar-refractivity contribution in [2.45, 2.75) is 11.1 Å². The molecule has 3 nitrogen and oxygen atoms in total. The summed E-state index contributed by atoms with van der Waals surface area (Å²) in [6, 6.07) is 2.76. The summed E-state index contributed by atoms with van der Waals surface area (Å²) >= 11 is 0. The molecule has 0 spiro atoms. The molecule has 0 aliphatic carbocycles. The number of hydrogen-bond acceptors (Lipinski definition) is 2. The molecule has 0 bridgehead atoms. The predicted octanol–water partition coefficient (Wildman–Crippen LogP) is -0.550. The van der Waals surface area contributed by atoms with Gasteiger partial charge in [0, 0.05) is 4.90 Å². The molecule has 0 atom stereocenters. The van der Waals surface area contributed by atoms with E-state index in [0.717, 1.165) is 12.1 Å². The molecule has 78 valence electrons. The van der Waals surface area contributed by atoms with Crippen LogP contribution >= 0.6 is 0 Å². The molecule has 1 aromatic carbocycles. The van der Waals surface area contributed by atoms with Crippen molar-refractivity contribution in [1.82, 2.24) is 0 Å². The third-order valence-electron chi connectivity index (χ3n) is 1.49. The number of hydrogen-bond donors (Lipinski definition) is 0. The molecular formula is C7H5F3KNO2S. The van der Waals surface area contributed by atoms with Crippen LogP contribution in [0.2, 0.25) is 0 Å². The van der Waals surface area contributed by atoms with Crippen molar-refractivity contribution < 1.29 is 73.0 Å². The molecule has 0 aliphatic heterocycles. The van der Waals surface area contributed by atoms with E-state index in [2.05, 4.69) is 0 Å². The van der Waals surface area contributed by atoms with Gasteiger partial charge in [0.1, 0.15) is 0 Å². The van der Waals surface area contributed by atoms with Crippen molar-refractivity contribution in [3.05, 3.63) is 35.0 Å². The number of alkyl halides is 3. The smallest absolute Gasteiger partial charge is 0.560 e. The van der Waals surface area contributed by atoms with Gasteiger partial charge in [-0.2, -0.15) is 13.2 Å². The zero-order valence-electron chi connectivity index (χ0n) is 7.67. The Morgan fingerprint density at radius 2 is 1.47 bits per heavy atom. The molecule has 0 aromatic heterocycles. The Balaban J connectivity index is 0.00000196. The van der Waals surface area contributed by atoms with Gasteiger partial charge in [0.15, 0.2) is 0 Å². The van der Waals surface area contributed by atoms with Gasteiger partial charge in [-0.15, -0.1) is 0 Å². The monoisotopic (exact) mass is 263 g/mol. The Bertz CT molecular complexity index is 427. The molecule has 0 heterocycles. The first-order chi connectivity index (χ1) is 6.21. The summed E-state index contributed by atoms with van der Waals surface area (Å²) in [7, 11) is -4.18. The fraction of sp³-hybridized carbons (Fsp3) is 0.143. The average Bonchev–Trinajstić information content (AvgIpc) is 2.01. The molecule has 0 fully saturated rings. The number of halogens is 3. The van der Waals surface area contributed by atoms with E-state index < -0.39 is 26.7 Å². The van der Waals surface area contributed by atoms with Gasteiger partial charge in [-0.05, 0) is 24.3 Å². The van der Waals surface area contributed by atoms with Crippen LogP contribution in [-0.4, -0.2) is 8.42 Å². The largest absolute Gasteiger partial charge is 1.00 e. The van der Waals surface area contributed by atoms with E-state index >= 15 is 0 Å². The number of sulfonamides is 1. The molecule has 0 saturated carbocycles. The minimum atomic E-state index is -4.50. The number of benzene rings is 1. The van der Waals surface area contributed by atoms with Crippen LogP contribution < -0.4 is 51.4 Å². The van der Waals surface area contributed by atoms with Gasteiger partial charge >= 0.3 is 57.6 Å². The van der Waals surface area contributed by atoms with Crippen LogP contribution in [0.25, 0.3) is 5.14 Å². The summed E-state index contributed by atoms with van der Waals surface area (Å²) in [5, 5.41) is 6.59. The molecule has 1 aromatic rings. The zero-order chi connectivity index (χ0) is 11.0. The van der Waals surface area contributed by atoms with Crippen LogP contribution in [0.5, 0.6) is 0 Å². The fourth-order valence-corrected chi connectivity index (χ4v) is 1.32. The second-order valence-electron chi connectivity index (χ2n) is 2.53. The summed E-state index contributed by atoms with van der Waals surface area (Å²) in [6.45, 7) is 0. The summed E-state index contributed by atoms with van der Waals surface area (Å²) in [4.78, 5) is -0.453.